The van der Waals surface area contributed by atoms with Crippen molar-refractivity contribution in [1.29, 1.82) is 0 Å². The second-order valence-electron chi connectivity index (χ2n) is 2.00. The molecule has 0 fully saturated rings. The van der Waals surface area contributed by atoms with Crippen LogP contribution in [0.4, 0.5) is 5.82 Å². The van der Waals surface area contributed by atoms with Crippen molar-refractivity contribution in [3.05, 3.63) is 17.0 Å². The molecule has 0 saturated heterocycles. The fourth-order valence-corrected chi connectivity index (χ4v) is 0.801. The third-order valence-electron chi connectivity index (χ3n) is 1.25. The van der Waals surface area contributed by atoms with E-state index in [4.69, 9.17) is 11.6 Å². The molecular weight excluding hydrogens is 162 g/mol. The Hall–Kier alpha value is -0.960. The van der Waals surface area contributed by atoms with Crippen molar-refractivity contribution < 1.29 is 0 Å². The summed E-state index contributed by atoms with van der Waals surface area (Å²) in [7, 11) is 0. The Morgan fingerprint density at radius 2 is 2.27 bits per heavy atom. The van der Waals surface area contributed by atoms with Crippen molar-refractivity contribution in [2.45, 2.75) is 13.8 Å². The van der Waals surface area contributed by atoms with Crippen LogP contribution in [0.2, 0.25) is 5.15 Å². The summed E-state index contributed by atoms with van der Waals surface area (Å²) in [5, 5.41) is 0.459. The summed E-state index contributed by atoms with van der Waals surface area (Å²) in [5.74, 6) is 0.632. The molecule has 0 bridgehead atoms. The molecule has 1 heterocycles. The van der Waals surface area contributed by atoms with E-state index in [-0.39, 0.29) is 0 Å². The van der Waals surface area contributed by atoms with E-state index in [1.807, 2.05) is 13.8 Å². The summed E-state index contributed by atoms with van der Waals surface area (Å²) in [5.41, 5.74) is 0.812. The summed E-state index contributed by atoms with van der Waals surface area (Å²) >= 11 is 5.72. The highest BCUT2D eigenvalue weighted by atomic mass is 35.5. The van der Waals surface area contributed by atoms with Gasteiger partial charge in [-0.2, -0.15) is 0 Å². The summed E-state index contributed by atoms with van der Waals surface area (Å²) in [6, 6.07) is 0. The van der Waals surface area contributed by atoms with Crippen molar-refractivity contribution in [3.63, 3.8) is 0 Å². The fraction of sp³-hybridized carbons (Fsp3) is 0.286. The molecule has 0 aliphatic rings. The lowest BCUT2D eigenvalue weighted by atomic mass is 10.3. The minimum Gasteiger partial charge on any atom is -0.242 e. The predicted molar refractivity (Wildman–Crippen MR) is 45.6 cm³/mol. The highest BCUT2D eigenvalue weighted by Gasteiger charge is 2.00. The topological polar surface area (TPSA) is 38.1 Å². The number of aromatic nitrogens is 2. The van der Waals surface area contributed by atoms with Gasteiger partial charge in [0.1, 0.15) is 11.5 Å². The zero-order valence-corrected chi connectivity index (χ0v) is 7.13. The SMILES string of the molecule is CC=Nc1ncnc(Cl)c1C. The summed E-state index contributed by atoms with van der Waals surface area (Å²) < 4.78 is 0. The minimum absolute atomic E-state index is 0.459. The summed E-state index contributed by atoms with van der Waals surface area (Å²) in [6.45, 7) is 3.67. The Kier molecular flexibility index (Phi) is 2.54. The molecule has 3 nitrogen and oxygen atoms in total. The Bertz CT molecular complexity index is 283. The third kappa shape index (κ3) is 1.74. The molecule has 0 saturated carbocycles. The Morgan fingerprint density at radius 3 is 2.91 bits per heavy atom. The maximum absolute atomic E-state index is 5.72. The van der Waals surface area contributed by atoms with Gasteiger partial charge >= 0.3 is 0 Å². The van der Waals surface area contributed by atoms with E-state index >= 15 is 0 Å². The zero-order chi connectivity index (χ0) is 8.27. The van der Waals surface area contributed by atoms with Gasteiger partial charge in [0.25, 0.3) is 0 Å². The first-order valence-electron chi connectivity index (χ1n) is 3.21. The molecule has 1 aromatic heterocycles. The summed E-state index contributed by atoms with van der Waals surface area (Å²) in [4.78, 5) is 11.7. The molecule has 0 aliphatic carbocycles. The van der Waals surface area contributed by atoms with Crippen molar-refractivity contribution in [1.82, 2.24) is 9.97 Å². The molecular formula is C7H8ClN3. The molecule has 0 aliphatic heterocycles. The molecule has 58 valence electrons. The van der Waals surface area contributed by atoms with E-state index in [1.54, 1.807) is 6.21 Å². The molecule has 0 aromatic carbocycles. The van der Waals surface area contributed by atoms with Gasteiger partial charge < -0.3 is 0 Å². The van der Waals surface area contributed by atoms with E-state index in [9.17, 15) is 0 Å². The van der Waals surface area contributed by atoms with Crippen LogP contribution in [0.15, 0.2) is 11.3 Å². The van der Waals surface area contributed by atoms with Crippen LogP contribution in [-0.4, -0.2) is 16.2 Å². The second kappa shape index (κ2) is 3.44. The molecule has 0 unspecified atom stereocenters. The monoisotopic (exact) mass is 169 g/mol. The maximum atomic E-state index is 5.72. The average Bonchev–Trinajstić information content (AvgIpc) is 1.99. The van der Waals surface area contributed by atoms with Gasteiger partial charge in [0.2, 0.25) is 0 Å². The van der Waals surface area contributed by atoms with Crippen LogP contribution in [0.3, 0.4) is 0 Å². The number of aliphatic imine (C=N–C) groups is 1. The van der Waals surface area contributed by atoms with Crippen molar-refractivity contribution in [2.75, 3.05) is 0 Å². The van der Waals surface area contributed by atoms with Crippen LogP contribution in [-0.2, 0) is 0 Å². The molecule has 11 heavy (non-hydrogen) atoms. The Balaban J connectivity index is 3.16. The van der Waals surface area contributed by atoms with E-state index in [2.05, 4.69) is 15.0 Å². The number of hydrogen-bond donors (Lipinski definition) is 0. The van der Waals surface area contributed by atoms with Gasteiger partial charge in [-0.05, 0) is 13.8 Å². The van der Waals surface area contributed by atoms with Crippen LogP contribution < -0.4 is 0 Å². The van der Waals surface area contributed by atoms with E-state index in [0.717, 1.165) is 5.56 Å². The fourth-order valence-electron chi connectivity index (χ4n) is 0.673. The van der Waals surface area contributed by atoms with Crippen LogP contribution >= 0.6 is 11.6 Å². The molecule has 4 heteroatoms. The smallest absolute Gasteiger partial charge is 0.159 e. The lowest BCUT2D eigenvalue weighted by molar-refractivity contribution is 1.11. The van der Waals surface area contributed by atoms with E-state index < -0.39 is 0 Å². The molecule has 1 aromatic rings. The highest BCUT2D eigenvalue weighted by Crippen LogP contribution is 2.19. The highest BCUT2D eigenvalue weighted by molar-refractivity contribution is 6.30. The molecule has 1 rings (SSSR count). The first-order valence-corrected chi connectivity index (χ1v) is 3.59. The van der Waals surface area contributed by atoms with Gasteiger partial charge in [-0.1, -0.05) is 11.6 Å². The van der Waals surface area contributed by atoms with Crippen molar-refractivity contribution >= 4 is 23.6 Å². The van der Waals surface area contributed by atoms with E-state index in [1.165, 1.54) is 6.33 Å². The maximum Gasteiger partial charge on any atom is 0.159 e. The lowest BCUT2D eigenvalue weighted by Crippen LogP contribution is -1.85. The van der Waals surface area contributed by atoms with Crippen LogP contribution in [0.5, 0.6) is 0 Å². The molecule has 0 amide bonds. The standard InChI is InChI=1S/C7H8ClN3/c1-3-9-7-5(2)6(8)10-4-11-7/h3-4H,1-2H3. The van der Waals surface area contributed by atoms with Crippen LogP contribution in [0, 0.1) is 6.92 Å². The minimum atomic E-state index is 0.459. The summed E-state index contributed by atoms with van der Waals surface area (Å²) in [6.07, 6.45) is 3.07. The van der Waals surface area contributed by atoms with Gasteiger partial charge in [-0.15, -0.1) is 0 Å². The van der Waals surface area contributed by atoms with E-state index in [0.29, 0.717) is 11.0 Å². The van der Waals surface area contributed by atoms with Gasteiger partial charge in [0, 0.05) is 11.8 Å². The normalized spacial score (nSPS) is 10.8. The van der Waals surface area contributed by atoms with Crippen molar-refractivity contribution in [3.8, 4) is 0 Å². The predicted octanol–water partition coefficient (Wildman–Crippen LogP) is 2.16. The molecule has 0 N–H and O–H groups in total. The average molecular weight is 170 g/mol. The largest absolute Gasteiger partial charge is 0.242 e. The van der Waals surface area contributed by atoms with Crippen LogP contribution in [0.25, 0.3) is 0 Å². The molecule has 0 radical (unpaired) electrons. The quantitative estimate of drug-likeness (QED) is 0.477. The van der Waals surface area contributed by atoms with Gasteiger partial charge in [0.15, 0.2) is 5.82 Å². The van der Waals surface area contributed by atoms with Crippen LogP contribution in [0.1, 0.15) is 12.5 Å². The first kappa shape index (κ1) is 8.14. The molecule has 0 spiro atoms. The van der Waals surface area contributed by atoms with Crippen molar-refractivity contribution in [2.24, 2.45) is 4.99 Å². The molecule has 0 atom stereocenters. The number of hydrogen-bond acceptors (Lipinski definition) is 3. The number of halogens is 1. The number of rotatable bonds is 1. The first-order chi connectivity index (χ1) is 5.25. The van der Waals surface area contributed by atoms with Gasteiger partial charge in [-0.3, -0.25) is 0 Å². The van der Waals surface area contributed by atoms with Gasteiger partial charge in [0.05, 0.1) is 0 Å². The Morgan fingerprint density at radius 1 is 1.55 bits per heavy atom. The number of nitrogens with zero attached hydrogens (tertiary/aromatic N) is 3. The lowest BCUT2D eigenvalue weighted by Gasteiger charge is -1.97. The van der Waals surface area contributed by atoms with Gasteiger partial charge in [-0.25, -0.2) is 15.0 Å². The zero-order valence-electron chi connectivity index (χ0n) is 6.37. The second-order valence-corrected chi connectivity index (χ2v) is 2.36. The third-order valence-corrected chi connectivity index (χ3v) is 1.63. The Labute approximate surface area is 70.2 Å².